The Kier molecular flexibility index (Phi) is 5.53. The van der Waals surface area contributed by atoms with Crippen molar-refractivity contribution in [3.63, 3.8) is 0 Å². The van der Waals surface area contributed by atoms with Crippen LogP contribution in [0.25, 0.3) is 0 Å². The van der Waals surface area contributed by atoms with Gasteiger partial charge >= 0.3 is 0 Å². The van der Waals surface area contributed by atoms with Gasteiger partial charge in [-0.15, -0.1) is 0 Å². The van der Waals surface area contributed by atoms with E-state index in [0.717, 1.165) is 0 Å². The normalized spacial score (nSPS) is 15.8. The lowest BCUT2D eigenvalue weighted by molar-refractivity contribution is 0.590. The summed E-state index contributed by atoms with van der Waals surface area (Å²) in [5, 5.41) is 0. The Hall–Kier alpha value is -4.24. The molecule has 2 nitrogen and oxygen atoms in total. The molecule has 8 rings (SSSR count). The molecule has 3 aliphatic rings. The third kappa shape index (κ3) is 3.68. The molecule has 0 unspecified atom stereocenters. The fraction of sp³-hybridized carbons (Fsp3) is 0.268. The van der Waals surface area contributed by atoms with Crippen LogP contribution in [-0.2, 0) is 16.2 Å². The fourth-order valence-corrected chi connectivity index (χ4v) is 8.03. The van der Waals surface area contributed by atoms with E-state index in [1.54, 1.807) is 0 Å². The predicted molar refractivity (Wildman–Crippen MR) is 190 cm³/mol. The van der Waals surface area contributed by atoms with Crippen LogP contribution in [-0.4, -0.2) is 6.71 Å². The highest BCUT2D eigenvalue weighted by atomic mass is 15.2. The van der Waals surface area contributed by atoms with Crippen molar-refractivity contribution in [2.75, 3.05) is 9.80 Å². The zero-order valence-corrected chi connectivity index (χ0v) is 27.3. The quantitative estimate of drug-likeness (QED) is 0.191. The monoisotopic (exact) mass is 572 g/mol. The predicted octanol–water partition coefficient (Wildman–Crippen LogP) is 9.00. The summed E-state index contributed by atoms with van der Waals surface area (Å²) >= 11 is 0. The minimum atomic E-state index is -0.125. The molecule has 3 aliphatic heterocycles. The topological polar surface area (TPSA) is 6.48 Å². The van der Waals surface area contributed by atoms with Gasteiger partial charge in [-0.3, -0.25) is 0 Å². The molecule has 44 heavy (non-hydrogen) atoms. The van der Waals surface area contributed by atoms with Crippen LogP contribution in [0.1, 0.15) is 77.6 Å². The second-order valence-electron chi connectivity index (χ2n) is 15.5. The number of hydrogen-bond donors (Lipinski definition) is 0. The Balaban J connectivity index is 1.43. The van der Waals surface area contributed by atoms with E-state index in [0.29, 0.717) is 0 Å². The van der Waals surface area contributed by atoms with Crippen molar-refractivity contribution >= 4 is 57.2 Å². The van der Waals surface area contributed by atoms with Gasteiger partial charge in [0, 0.05) is 39.5 Å². The fourth-order valence-electron chi connectivity index (χ4n) is 8.03. The molecule has 0 saturated heterocycles. The molecule has 3 heterocycles. The van der Waals surface area contributed by atoms with E-state index >= 15 is 0 Å². The van der Waals surface area contributed by atoms with Crippen LogP contribution in [0.15, 0.2) is 103 Å². The van der Waals surface area contributed by atoms with E-state index in [1.165, 1.54) is 72.8 Å². The van der Waals surface area contributed by atoms with E-state index in [2.05, 4.69) is 168 Å². The van der Waals surface area contributed by atoms with Crippen LogP contribution in [0, 0.1) is 0 Å². The van der Waals surface area contributed by atoms with Gasteiger partial charge in [0.05, 0.1) is 0 Å². The molecule has 5 aromatic carbocycles. The van der Waals surface area contributed by atoms with Gasteiger partial charge < -0.3 is 9.80 Å². The van der Waals surface area contributed by atoms with Crippen LogP contribution in [0.3, 0.4) is 0 Å². The standard InChI is InChI=1S/C41H41BN2/c1-39(2,3)26-18-22-28(23-19-26)43-32-14-9-12-30-36(32)42-37-31(41(30,7)8)13-10-15-33(37)44(35-17-11-16-34(43)38(35)42)29-24-20-27(21-25-29)40(4,5)6/h9-25H,1-8H3. The first-order valence-electron chi connectivity index (χ1n) is 16.1. The van der Waals surface area contributed by atoms with Crippen LogP contribution in [0.2, 0.25) is 0 Å². The molecule has 0 bridgehead atoms. The van der Waals surface area contributed by atoms with E-state index in [-0.39, 0.29) is 23.0 Å². The summed E-state index contributed by atoms with van der Waals surface area (Å²) in [7, 11) is 0. The zero-order valence-electron chi connectivity index (χ0n) is 27.3. The molecule has 0 aromatic heterocycles. The number of anilines is 6. The first kappa shape index (κ1) is 27.3. The van der Waals surface area contributed by atoms with Gasteiger partial charge in [-0.05, 0) is 98.0 Å². The van der Waals surface area contributed by atoms with Gasteiger partial charge in [0.25, 0.3) is 6.71 Å². The highest BCUT2D eigenvalue weighted by molar-refractivity contribution is 7.01. The summed E-state index contributed by atoms with van der Waals surface area (Å²) in [4.78, 5) is 5.05. The van der Waals surface area contributed by atoms with Gasteiger partial charge in [0.15, 0.2) is 0 Å². The maximum absolute atomic E-state index is 2.52. The molecule has 0 fully saturated rings. The van der Waals surface area contributed by atoms with E-state index in [4.69, 9.17) is 0 Å². The summed E-state index contributed by atoms with van der Waals surface area (Å²) in [5.41, 5.74) is 17.6. The Labute approximate surface area is 263 Å². The number of benzene rings is 5. The van der Waals surface area contributed by atoms with Crippen LogP contribution in [0.5, 0.6) is 0 Å². The summed E-state index contributed by atoms with van der Waals surface area (Å²) in [6.45, 7) is 18.7. The molecule has 218 valence electrons. The van der Waals surface area contributed by atoms with Crippen molar-refractivity contribution < 1.29 is 0 Å². The molecular weight excluding hydrogens is 531 g/mol. The molecule has 0 spiro atoms. The van der Waals surface area contributed by atoms with Crippen molar-refractivity contribution in [3.8, 4) is 0 Å². The molecule has 5 aromatic rings. The molecule has 0 atom stereocenters. The summed E-state index contributed by atoms with van der Waals surface area (Å²) in [6.07, 6.45) is 0. The average Bonchev–Trinajstić information content (AvgIpc) is 2.99. The largest absolute Gasteiger partial charge is 0.311 e. The Morgan fingerprint density at radius 2 is 0.795 bits per heavy atom. The summed E-state index contributed by atoms with van der Waals surface area (Å²) < 4.78 is 0. The number of hydrogen-bond acceptors (Lipinski definition) is 2. The summed E-state index contributed by atoms with van der Waals surface area (Å²) in [5.74, 6) is 0. The lowest BCUT2D eigenvalue weighted by Gasteiger charge is -2.50. The Morgan fingerprint density at radius 1 is 0.455 bits per heavy atom. The van der Waals surface area contributed by atoms with Gasteiger partial charge in [0.2, 0.25) is 0 Å². The minimum Gasteiger partial charge on any atom is -0.311 e. The van der Waals surface area contributed by atoms with Crippen molar-refractivity contribution in [1.29, 1.82) is 0 Å². The smallest absolute Gasteiger partial charge is 0.252 e. The van der Waals surface area contributed by atoms with Gasteiger partial charge in [-0.1, -0.05) is 110 Å². The molecule has 0 saturated carbocycles. The molecule has 3 heteroatoms. The maximum Gasteiger partial charge on any atom is 0.252 e. The van der Waals surface area contributed by atoms with Crippen molar-refractivity contribution in [1.82, 2.24) is 0 Å². The summed E-state index contributed by atoms with van der Waals surface area (Å²) in [6, 6.07) is 39.4. The van der Waals surface area contributed by atoms with Crippen molar-refractivity contribution in [3.05, 3.63) is 125 Å². The minimum absolute atomic E-state index is 0.108. The lowest BCUT2D eigenvalue weighted by atomic mass is 9.28. The van der Waals surface area contributed by atoms with E-state index in [1.807, 2.05) is 0 Å². The van der Waals surface area contributed by atoms with Crippen molar-refractivity contribution in [2.24, 2.45) is 0 Å². The first-order chi connectivity index (χ1) is 20.9. The van der Waals surface area contributed by atoms with Crippen LogP contribution < -0.4 is 26.2 Å². The number of rotatable bonds is 2. The Bertz CT molecular complexity index is 1820. The highest BCUT2D eigenvalue weighted by Crippen LogP contribution is 2.48. The molecule has 0 N–H and O–H groups in total. The molecular formula is C41H41BN2. The average molecular weight is 573 g/mol. The van der Waals surface area contributed by atoms with Gasteiger partial charge in [-0.2, -0.15) is 0 Å². The van der Waals surface area contributed by atoms with Gasteiger partial charge in [-0.25, -0.2) is 0 Å². The van der Waals surface area contributed by atoms with Gasteiger partial charge in [0.1, 0.15) is 0 Å². The third-order valence-corrected chi connectivity index (χ3v) is 10.4. The molecule has 0 amide bonds. The van der Waals surface area contributed by atoms with Crippen LogP contribution >= 0.6 is 0 Å². The van der Waals surface area contributed by atoms with E-state index in [9.17, 15) is 0 Å². The van der Waals surface area contributed by atoms with E-state index < -0.39 is 0 Å². The number of nitrogens with zero attached hydrogens (tertiary/aromatic N) is 2. The Morgan fingerprint density at radius 3 is 1.16 bits per heavy atom. The third-order valence-electron chi connectivity index (χ3n) is 10.4. The first-order valence-corrected chi connectivity index (χ1v) is 16.1. The second kappa shape index (κ2) is 8.91. The lowest BCUT2D eigenvalue weighted by Crippen LogP contribution is -2.67. The zero-order chi connectivity index (χ0) is 30.8. The molecule has 0 aliphatic carbocycles. The highest BCUT2D eigenvalue weighted by Gasteiger charge is 2.50. The molecule has 0 radical (unpaired) electrons. The van der Waals surface area contributed by atoms with Crippen molar-refractivity contribution in [2.45, 2.75) is 71.6 Å². The SMILES string of the molecule is CC(C)(C)c1ccc(N2c3cccc4c3B3c5c2cccc5C(C)(C)c2cccc(c23)N4c2ccc(C(C)(C)C)cc2)cc1. The van der Waals surface area contributed by atoms with Crippen LogP contribution in [0.4, 0.5) is 34.1 Å². The maximum atomic E-state index is 2.52. The second-order valence-corrected chi connectivity index (χ2v) is 15.5.